The van der Waals surface area contributed by atoms with Crippen LogP contribution in [0.4, 0.5) is 0 Å². The summed E-state index contributed by atoms with van der Waals surface area (Å²) in [6, 6.07) is 21.7. The minimum Gasteiger partial charge on any atom is -0.405 e. The third-order valence-electron chi connectivity index (χ3n) is 8.97. The fraction of sp³-hybridized carbons (Fsp3) is 0.562. The van der Waals surface area contributed by atoms with Crippen molar-refractivity contribution in [3.8, 4) is 0 Å². The van der Waals surface area contributed by atoms with Crippen molar-refractivity contribution < 1.29 is 18.6 Å². The van der Waals surface area contributed by atoms with E-state index in [4.69, 9.17) is 18.6 Å². The molecule has 2 aromatic carbocycles. The van der Waals surface area contributed by atoms with Crippen LogP contribution in [0.15, 0.2) is 73.3 Å². The van der Waals surface area contributed by atoms with E-state index in [1.807, 2.05) is 0 Å². The Morgan fingerprint density at radius 3 is 2.14 bits per heavy atom. The van der Waals surface area contributed by atoms with Crippen LogP contribution < -0.4 is 10.4 Å². The van der Waals surface area contributed by atoms with Crippen LogP contribution in [0.5, 0.6) is 0 Å². The maximum Gasteiger partial charge on any atom is 0.261 e. The highest BCUT2D eigenvalue weighted by Crippen LogP contribution is 2.58. The number of methoxy groups -OCH3 is 1. The molecule has 0 amide bonds. The van der Waals surface area contributed by atoms with Crippen LogP contribution in [-0.4, -0.2) is 47.1 Å². The number of hydrogen-bond acceptors (Lipinski definition) is 4. The van der Waals surface area contributed by atoms with E-state index in [-0.39, 0.29) is 28.1 Å². The predicted molar refractivity (Wildman–Crippen MR) is 154 cm³/mol. The lowest BCUT2D eigenvalue weighted by Gasteiger charge is -2.43. The molecule has 2 fully saturated rings. The molecule has 1 aliphatic carbocycles. The first-order valence-electron chi connectivity index (χ1n) is 13.7. The van der Waals surface area contributed by atoms with E-state index in [9.17, 15) is 0 Å². The molecule has 5 atom stereocenters. The van der Waals surface area contributed by atoms with E-state index in [2.05, 4.69) is 108 Å². The molecule has 202 valence electrons. The van der Waals surface area contributed by atoms with Crippen molar-refractivity contribution in [2.45, 2.75) is 70.6 Å². The van der Waals surface area contributed by atoms with E-state index in [1.165, 1.54) is 10.4 Å². The van der Waals surface area contributed by atoms with E-state index in [1.54, 1.807) is 7.11 Å². The van der Waals surface area contributed by atoms with Crippen LogP contribution >= 0.6 is 0 Å². The molecule has 4 nitrogen and oxygen atoms in total. The molecule has 4 rings (SSSR count). The minimum atomic E-state index is -2.60. The average molecular weight is 523 g/mol. The van der Waals surface area contributed by atoms with Gasteiger partial charge in [0.15, 0.2) is 0 Å². The lowest BCUT2D eigenvalue weighted by molar-refractivity contribution is -0.110. The fourth-order valence-corrected chi connectivity index (χ4v) is 11.8. The smallest absolute Gasteiger partial charge is 0.261 e. The summed E-state index contributed by atoms with van der Waals surface area (Å²) in [5, 5.41) is 2.57. The first-order valence-corrected chi connectivity index (χ1v) is 15.7. The lowest BCUT2D eigenvalue weighted by Crippen LogP contribution is -2.67. The van der Waals surface area contributed by atoms with Crippen LogP contribution in [0, 0.1) is 17.3 Å². The Labute approximate surface area is 225 Å². The molecule has 1 saturated heterocycles. The quantitative estimate of drug-likeness (QED) is 0.167. The Kier molecular flexibility index (Phi) is 8.51. The molecule has 1 heterocycles. The van der Waals surface area contributed by atoms with Crippen molar-refractivity contribution in [1.29, 1.82) is 0 Å². The first kappa shape index (κ1) is 28.3. The van der Waals surface area contributed by atoms with Gasteiger partial charge in [-0.1, -0.05) is 101 Å². The molecule has 2 aromatic rings. The van der Waals surface area contributed by atoms with Gasteiger partial charge in [-0.2, -0.15) is 0 Å². The zero-order valence-corrected chi connectivity index (χ0v) is 24.7. The number of benzene rings is 2. The predicted octanol–water partition coefficient (Wildman–Crippen LogP) is 5.95. The van der Waals surface area contributed by atoms with Gasteiger partial charge in [0.05, 0.1) is 24.9 Å². The Morgan fingerprint density at radius 2 is 1.62 bits per heavy atom. The monoisotopic (exact) mass is 522 g/mol. The molecule has 1 saturated carbocycles. The zero-order chi connectivity index (χ0) is 26.7. The largest absolute Gasteiger partial charge is 0.405 e. The Balaban J connectivity index is 1.60. The van der Waals surface area contributed by atoms with Gasteiger partial charge in [-0.05, 0) is 40.6 Å². The second-order valence-corrected chi connectivity index (χ2v) is 16.7. The van der Waals surface area contributed by atoms with Gasteiger partial charge in [0, 0.05) is 18.4 Å². The van der Waals surface area contributed by atoms with E-state index >= 15 is 0 Å². The fourth-order valence-electron chi connectivity index (χ4n) is 7.22. The average Bonchev–Trinajstić information content (AvgIpc) is 3.35. The molecule has 1 spiro atoms. The van der Waals surface area contributed by atoms with Crippen molar-refractivity contribution in [3.05, 3.63) is 73.3 Å². The molecule has 1 aliphatic heterocycles. The number of ether oxygens (including phenoxy) is 3. The summed E-state index contributed by atoms with van der Waals surface area (Å²) < 4.78 is 25.3. The summed E-state index contributed by atoms with van der Waals surface area (Å²) >= 11 is 0. The maximum atomic E-state index is 7.25. The van der Waals surface area contributed by atoms with Gasteiger partial charge in [0.1, 0.15) is 6.79 Å². The molecular weight excluding hydrogens is 476 g/mol. The molecule has 0 N–H and O–H groups in total. The van der Waals surface area contributed by atoms with Crippen LogP contribution in [0.1, 0.15) is 53.9 Å². The third-order valence-corrected chi connectivity index (χ3v) is 14.0. The van der Waals surface area contributed by atoms with Gasteiger partial charge >= 0.3 is 0 Å². The maximum absolute atomic E-state index is 7.25. The zero-order valence-electron chi connectivity index (χ0n) is 23.7. The molecule has 0 aromatic heterocycles. The summed E-state index contributed by atoms with van der Waals surface area (Å²) in [4.78, 5) is 0. The summed E-state index contributed by atoms with van der Waals surface area (Å²) in [6.07, 6.45) is 5.25. The van der Waals surface area contributed by atoms with Gasteiger partial charge in [-0.25, -0.2) is 0 Å². The van der Waals surface area contributed by atoms with Gasteiger partial charge in [-0.15, -0.1) is 6.58 Å². The Bertz CT molecular complexity index is 981. The van der Waals surface area contributed by atoms with Gasteiger partial charge in [0.2, 0.25) is 0 Å². The Hall–Kier alpha value is -1.76. The van der Waals surface area contributed by atoms with E-state index in [0.29, 0.717) is 25.9 Å². The second kappa shape index (κ2) is 11.2. The van der Waals surface area contributed by atoms with Gasteiger partial charge in [-0.3, -0.25) is 0 Å². The summed E-state index contributed by atoms with van der Waals surface area (Å²) in [5.41, 5.74) is -0.227. The molecular formula is C32H46O4Si. The first-order chi connectivity index (χ1) is 17.6. The third kappa shape index (κ3) is 5.14. The van der Waals surface area contributed by atoms with E-state index < -0.39 is 8.32 Å². The Morgan fingerprint density at radius 1 is 1.03 bits per heavy atom. The molecule has 0 unspecified atom stereocenters. The summed E-state index contributed by atoms with van der Waals surface area (Å²) in [6.45, 7) is 17.5. The summed E-state index contributed by atoms with van der Waals surface area (Å²) in [5.74, 6) is 0.650. The number of rotatable bonds is 10. The highest BCUT2D eigenvalue weighted by atomic mass is 28.4. The second-order valence-electron chi connectivity index (χ2n) is 12.4. The lowest BCUT2D eigenvalue weighted by atomic mass is 9.72. The van der Waals surface area contributed by atoms with E-state index in [0.717, 1.165) is 19.3 Å². The number of hydrogen-bond donors (Lipinski definition) is 0. The molecule has 2 aliphatic rings. The van der Waals surface area contributed by atoms with Crippen LogP contribution in [0.3, 0.4) is 0 Å². The standard InChI is InChI=1S/C32H46O4Si/c1-8-29-31(6,23-34-24-33-7)19-20-32(29)25(2)21-26(36-32)22-35-37(30(3,4)5,27-15-11-9-12-16-27)28-17-13-10-14-18-28/h8-18,25-26,29H,1,19-24H2,2-7H3/t25-,26+,29+,31+,32-/m0/s1. The van der Waals surface area contributed by atoms with Crippen molar-refractivity contribution >= 4 is 18.7 Å². The minimum absolute atomic E-state index is 0.0116. The highest BCUT2D eigenvalue weighted by Gasteiger charge is 2.61. The highest BCUT2D eigenvalue weighted by molar-refractivity contribution is 6.99. The SMILES string of the molecule is C=C[C@@H]1[C@@](C)(COCOC)CC[C@@]12O[C@@H](CO[Si](c1ccccc1)(c1ccccc1)C(C)(C)C)C[C@@H]2C. The molecule has 5 heteroatoms. The van der Waals surface area contributed by atoms with Gasteiger partial charge in [0.25, 0.3) is 8.32 Å². The van der Waals surface area contributed by atoms with Crippen LogP contribution in [0.25, 0.3) is 0 Å². The topological polar surface area (TPSA) is 36.9 Å². The molecule has 0 radical (unpaired) electrons. The van der Waals surface area contributed by atoms with Crippen molar-refractivity contribution in [2.24, 2.45) is 17.3 Å². The molecule has 0 bridgehead atoms. The normalized spacial score (nSPS) is 30.2. The van der Waals surface area contributed by atoms with Crippen molar-refractivity contribution in [2.75, 3.05) is 27.1 Å². The van der Waals surface area contributed by atoms with Crippen molar-refractivity contribution in [3.63, 3.8) is 0 Å². The summed E-state index contributed by atoms with van der Waals surface area (Å²) in [7, 11) is -0.931. The van der Waals surface area contributed by atoms with Gasteiger partial charge < -0.3 is 18.6 Å². The van der Waals surface area contributed by atoms with Crippen LogP contribution in [-0.2, 0) is 18.6 Å². The van der Waals surface area contributed by atoms with Crippen LogP contribution in [0.2, 0.25) is 5.04 Å². The molecule has 37 heavy (non-hydrogen) atoms. The van der Waals surface area contributed by atoms with Crippen molar-refractivity contribution in [1.82, 2.24) is 0 Å².